The molecule has 0 fully saturated rings. The van der Waals surface area contributed by atoms with Crippen LogP contribution in [0.2, 0.25) is 0 Å². The molecule has 0 aliphatic rings. The molecular weight excluding hydrogens is 154 g/mol. The van der Waals surface area contributed by atoms with Gasteiger partial charge in [-0.1, -0.05) is 0 Å². The third-order valence-corrected chi connectivity index (χ3v) is 1.83. The second-order valence-corrected chi connectivity index (χ2v) is 2.90. The fourth-order valence-corrected chi connectivity index (χ4v) is 1.12. The number of aromatic nitrogens is 1. The van der Waals surface area contributed by atoms with E-state index in [0.29, 0.717) is 6.42 Å². The number of hydrogen-bond acceptors (Lipinski definition) is 2. The third kappa shape index (κ3) is 3.07. The van der Waals surface area contributed by atoms with Gasteiger partial charge in [-0.3, -0.25) is 0 Å². The molecule has 0 amide bonds. The van der Waals surface area contributed by atoms with Gasteiger partial charge in [0.05, 0.1) is 12.7 Å². The van der Waals surface area contributed by atoms with Crippen LogP contribution in [0.3, 0.4) is 0 Å². The maximum absolute atomic E-state index is 9.03. The topological polar surface area (TPSA) is 45.4 Å². The summed E-state index contributed by atoms with van der Waals surface area (Å²) in [6.07, 6.45) is 4.99. The van der Waals surface area contributed by atoms with E-state index in [9.17, 15) is 0 Å². The highest BCUT2D eigenvalue weighted by molar-refractivity contribution is 4.89. The van der Waals surface area contributed by atoms with Crippen molar-refractivity contribution < 1.29 is 10.2 Å². The van der Waals surface area contributed by atoms with Crippen molar-refractivity contribution >= 4 is 0 Å². The molecule has 0 aliphatic heterocycles. The summed E-state index contributed by atoms with van der Waals surface area (Å²) in [4.78, 5) is 0. The van der Waals surface area contributed by atoms with Crippen LogP contribution in [0.4, 0.5) is 0 Å². The van der Waals surface area contributed by atoms with Crippen molar-refractivity contribution in [2.24, 2.45) is 0 Å². The minimum atomic E-state index is -0.555. The zero-order valence-corrected chi connectivity index (χ0v) is 7.06. The predicted molar refractivity (Wildman–Crippen MR) is 46.8 cm³/mol. The van der Waals surface area contributed by atoms with Gasteiger partial charge in [0.25, 0.3) is 0 Å². The normalized spacial score (nSPS) is 13.2. The van der Waals surface area contributed by atoms with E-state index in [1.165, 1.54) is 0 Å². The molecule has 0 bridgehead atoms. The number of nitrogens with zero attached hydrogens (tertiary/aromatic N) is 1. The average molecular weight is 169 g/mol. The Hall–Kier alpha value is -0.800. The Morgan fingerprint density at radius 3 is 2.50 bits per heavy atom. The van der Waals surface area contributed by atoms with Crippen LogP contribution in [-0.4, -0.2) is 27.5 Å². The predicted octanol–water partition coefficient (Wildman–Crippen LogP) is 0.621. The molecule has 68 valence electrons. The van der Waals surface area contributed by atoms with Crippen molar-refractivity contribution in [2.45, 2.75) is 25.5 Å². The maximum Gasteiger partial charge on any atom is 0.0771 e. The lowest BCUT2D eigenvalue weighted by atomic mass is 10.2. The second kappa shape index (κ2) is 4.95. The van der Waals surface area contributed by atoms with E-state index in [-0.39, 0.29) is 6.61 Å². The summed E-state index contributed by atoms with van der Waals surface area (Å²) in [6.45, 7) is 0.774. The van der Waals surface area contributed by atoms with E-state index in [1.54, 1.807) is 0 Å². The Labute approximate surface area is 72.3 Å². The molecule has 0 spiro atoms. The van der Waals surface area contributed by atoms with Gasteiger partial charge in [0.2, 0.25) is 0 Å². The average Bonchev–Trinajstić information content (AvgIpc) is 2.57. The molecule has 0 radical (unpaired) electrons. The van der Waals surface area contributed by atoms with Crippen molar-refractivity contribution in [3.05, 3.63) is 24.5 Å². The Morgan fingerprint density at radius 2 is 1.92 bits per heavy atom. The van der Waals surface area contributed by atoms with Gasteiger partial charge in [-0.25, -0.2) is 0 Å². The zero-order valence-electron chi connectivity index (χ0n) is 7.06. The largest absolute Gasteiger partial charge is 0.394 e. The molecule has 12 heavy (non-hydrogen) atoms. The lowest BCUT2D eigenvalue weighted by Crippen LogP contribution is -2.12. The summed E-state index contributed by atoms with van der Waals surface area (Å²) in [5.41, 5.74) is 0. The number of aliphatic hydroxyl groups is 2. The number of rotatable bonds is 5. The van der Waals surface area contributed by atoms with Crippen LogP contribution in [-0.2, 0) is 6.54 Å². The first-order chi connectivity index (χ1) is 5.83. The van der Waals surface area contributed by atoms with Crippen molar-refractivity contribution in [1.29, 1.82) is 0 Å². The quantitative estimate of drug-likeness (QED) is 0.678. The molecule has 1 aromatic rings. The summed E-state index contributed by atoms with van der Waals surface area (Å²) in [5.74, 6) is 0. The van der Waals surface area contributed by atoms with Crippen LogP contribution in [0.5, 0.6) is 0 Å². The monoisotopic (exact) mass is 169 g/mol. The summed E-state index contributed by atoms with van der Waals surface area (Å²) >= 11 is 0. The molecule has 1 aromatic heterocycles. The van der Waals surface area contributed by atoms with E-state index in [4.69, 9.17) is 10.2 Å². The first-order valence-electron chi connectivity index (χ1n) is 4.22. The van der Waals surface area contributed by atoms with Crippen molar-refractivity contribution in [3.8, 4) is 0 Å². The fraction of sp³-hybridized carbons (Fsp3) is 0.556. The third-order valence-electron chi connectivity index (χ3n) is 1.83. The van der Waals surface area contributed by atoms with E-state index in [0.717, 1.165) is 13.0 Å². The van der Waals surface area contributed by atoms with Gasteiger partial charge in [-0.15, -0.1) is 0 Å². The highest BCUT2D eigenvalue weighted by Gasteiger charge is 2.00. The minimum absolute atomic E-state index is 0.133. The highest BCUT2D eigenvalue weighted by Crippen LogP contribution is 1.99. The lowest BCUT2D eigenvalue weighted by molar-refractivity contribution is 0.0856. The zero-order chi connectivity index (χ0) is 8.81. The van der Waals surface area contributed by atoms with Gasteiger partial charge < -0.3 is 14.8 Å². The van der Waals surface area contributed by atoms with Gasteiger partial charge in [0.15, 0.2) is 0 Å². The molecule has 0 aliphatic carbocycles. The van der Waals surface area contributed by atoms with E-state index >= 15 is 0 Å². The molecule has 0 saturated heterocycles. The van der Waals surface area contributed by atoms with Crippen molar-refractivity contribution in [1.82, 2.24) is 4.57 Å². The van der Waals surface area contributed by atoms with Gasteiger partial charge in [0.1, 0.15) is 0 Å². The van der Waals surface area contributed by atoms with Gasteiger partial charge in [-0.2, -0.15) is 0 Å². The smallest absolute Gasteiger partial charge is 0.0771 e. The molecule has 3 heteroatoms. The number of hydrogen-bond donors (Lipinski definition) is 2. The molecule has 1 atom stereocenters. The molecule has 0 saturated carbocycles. The van der Waals surface area contributed by atoms with Crippen LogP contribution < -0.4 is 0 Å². The molecule has 1 heterocycles. The Balaban J connectivity index is 2.11. The van der Waals surface area contributed by atoms with Crippen LogP contribution in [0, 0.1) is 0 Å². The van der Waals surface area contributed by atoms with E-state index in [1.807, 2.05) is 24.5 Å². The van der Waals surface area contributed by atoms with Crippen molar-refractivity contribution in [2.75, 3.05) is 6.61 Å². The Kier molecular flexibility index (Phi) is 3.84. The Bertz CT molecular complexity index is 196. The maximum atomic E-state index is 9.03. The first-order valence-corrected chi connectivity index (χ1v) is 4.22. The standard InChI is InChI=1S/C9H15NO2/c11-8-9(12)4-3-7-10-5-1-2-6-10/h1-2,5-6,9,11-12H,3-4,7-8H2/t9-/m0/s1. The van der Waals surface area contributed by atoms with Crippen LogP contribution in [0.15, 0.2) is 24.5 Å². The summed E-state index contributed by atoms with van der Waals surface area (Å²) in [5, 5.41) is 17.6. The number of aryl methyl sites for hydroxylation is 1. The van der Waals surface area contributed by atoms with Crippen LogP contribution in [0.25, 0.3) is 0 Å². The van der Waals surface area contributed by atoms with Crippen LogP contribution in [0.1, 0.15) is 12.8 Å². The molecule has 3 nitrogen and oxygen atoms in total. The van der Waals surface area contributed by atoms with Crippen molar-refractivity contribution in [3.63, 3.8) is 0 Å². The molecule has 2 N–H and O–H groups in total. The van der Waals surface area contributed by atoms with Gasteiger partial charge in [0, 0.05) is 18.9 Å². The first kappa shape index (κ1) is 9.29. The molecule has 1 rings (SSSR count). The van der Waals surface area contributed by atoms with E-state index in [2.05, 4.69) is 4.57 Å². The highest BCUT2D eigenvalue weighted by atomic mass is 16.3. The molecule has 0 aromatic carbocycles. The minimum Gasteiger partial charge on any atom is -0.394 e. The fourth-order valence-electron chi connectivity index (χ4n) is 1.12. The SMILES string of the molecule is OC[C@@H](O)CCCn1cccc1. The van der Waals surface area contributed by atoms with Gasteiger partial charge >= 0.3 is 0 Å². The van der Waals surface area contributed by atoms with E-state index < -0.39 is 6.10 Å². The summed E-state index contributed by atoms with van der Waals surface area (Å²) in [6, 6.07) is 3.95. The summed E-state index contributed by atoms with van der Waals surface area (Å²) in [7, 11) is 0. The number of aliphatic hydroxyl groups excluding tert-OH is 2. The Morgan fingerprint density at radius 1 is 1.25 bits per heavy atom. The molecular formula is C9H15NO2. The second-order valence-electron chi connectivity index (χ2n) is 2.90. The lowest BCUT2D eigenvalue weighted by Gasteiger charge is -2.06. The molecule has 0 unspecified atom stereocenters. The van der Waals surface area contributed by atoms with Crippen LogP contribution >= 0.6 is 0 Å². The summed E-state index contributed by atoms with van der Waals surface area (Å²) < 4.78 is 2.06. The van der Waals surface area contributed by atoms with Gasteiger partial charge in [-0.05, 0) is 25.0 Å².